The molecule has 0 fully saturated rings. The quantitative estimate of drug-likeness (QED) is 0.341. The normalized spacial score (nSPS) is 11.7. The summed E-state index contributed by atoms with van der Waals surface area (Å²) >= 11 is 9.56. The van der Waals surface area contributed by atoms with Crippen LogP contribution in [0.25, 0.3) is 0 Å². The lowest BCUT2D eigenvalue weighted by atomic mass is 10.0. The number of nitrogens with one attached hydrogen (secondary N) is 1. The first-order valence-corrected chi connectivity index (χ1v) is 12.4. The predicted molar refractivity (Wildman–Crippen MR) is 139 cm³/mol. The van der Waals surface area contributed by atoms with Crippen LogP contribution in [-0.2, 0) is 22.6 Å². The van der Waals surface area contributed by atoms with Crippen LogP contribution in [0, 0.1) is 5.82 Å². The van der Waals surface area contributed by atoms with Gasteiger partial charge in [0.15, 0.2) is 6.61 Å². The highest BCUT2D eigenvalue weighted by atomic mass is 79.9. The molecule has 3 rings (SSSR count). The van der Waals surface area contributed by atoms with Crippen molar-refractivity contribution in [1.82, 2.24) is 10.2 Å². The Hall–Kier alpha value is -2.90. The number of hydrogen-bond acceptors (Lipinski definition) is 3. The molecule has 3 aromatic carbocycles. The van der Waals surface area contributed by atoms with E-state index in [1.165, 1.54) is 11.0 Å². The van der Waals surface area contributed by atoms with Gasteiger partial charge in [-0.05, 0) is 43.7 Å². The smallest absolute Gasteiger partial charge is 0.261 e. The lowest BCUT2D eigenvalue weighted by Crippen LogP contribution is -2.53. The third-order valence-corrected chi connectivity index (χ3v) is 6.03. The summed E-state index contributed by atoms with van der Waals surface area (Å²) in [6.07, 6.45) is 0.263. The van der Waals surface area contributed by atoms with Crippen molar-refractivity contribution in [3.8, 4) is 5.75 Å². The first kappa shape index (κ1) is 26.7. The molecule has 0 radical (unpaired) electrons. The van der Waals surface area contributed by atoms with Crippen molar-refractivity contribution >= 4 is 39.3 Å². The Labute approximate surface area is 218 Å². The molecule has 0 aromatic heterocycles. The van der Waals surface area contributed by atoms with Crippen LogP contribution in [0.3, 0.4) is 0 Å². The predicted octanol–water partition coefficient (Wildman–Crippen LogP) is 5.79. The second kappa shape index (κ2) is 12.7. The minimum Gasteiger partial charge on any atom is -0.482 e. The highest BCUT2D eigenvalue weighted by Crippen LogP contribution is 2.28. The number of amides is 2. The number of hydrogen-bond donors (Lipinski definition) is 1. The Kier molecular flexibility index (Phi) is 9.69. The Balaban J connectivity index is 1.93. The summed E-state index contributed by atoms with van der Waals surface area (Å²) in [6.45, 7) is 3.24. The van der Waals surface area contributed by atoms with E-state index in [-0.39, 0.29) is 31.5 Å². The molecule has 0 bridgehead atoms. The SMILES string of the molecule is CC(C)NC(=O)[C@@H](Cc1ccccc1)N(Cc1ccccc1F)C(=O)COc1ccc(Br)cc1Cl. The molecule has 35 heavy (non-hydrogen) atoms. The molecule has 2 amide bonds. The molecule has 5 nitrogen and oxygen atoms in total. The lowest BCUT2D eigenvalue weighted by molar-refractivity contribution is -0.143. The summed E-state index contributed by atoms with van der Waals surface area (Å²) in [5.74, 6) is -0.910. The van der Waals surface area contributed by atoms with Gasteiger partial charge in [-0.2, -0.15) is 0 Å². The standard InChI is InChI=1S/C27H27BrClFN2O3/c1-18(2)31-27(34)24(14-19-8-4-3-5-9-19)32(16-20-10-6-7-11-23(20)30)26(33)17-35-25-13-12-21(28)15-22(25)29/h3-13,15,18,24H,14,16-17H2,1-2H3,(H,31,34)/t24-/m1/s1. The van der Waals surface area contributed by atoms with Crippen LogP contribution in [0.4, 0.5) is 4.39 Å². The minimum atomic E-state index is -0.879. The lowest BCUT2D eigenvalue weighted by Gasteiger charge is -2.32. The van der Waals surface area contributed by atoms with Crippen LogP contribution >= 0.6 is 27.5 Å². The zero-order valence-electron chi connectivity index (χ0n) is 19.5. The van der Waals surface area contributed by atoms with Gasteiger partial charge in [0.1, 0.15) is 17.6 Å². The van der Waals surface area contributed by atoms with Crippen molar-refractivity contribution in [2.45, 2.75) is 38.9 Å². The average molecular weight is 562 g/mol. The number of nitrogens with zero attached hydrogens (tertiary/aromatic N) is 1. The van der Waals surface area contributed by atoms with E-state index in [9.17, 15) is 14.0 Å². The van der Waals surface area contributed by atoms with Crippen LogP contribution in [0.15, 0.2) is 77.3 Å². The molecule has 1 N–H and O–H groups in total. The van der Waals surface area contributed by atoms with E-state index in [1.54, 1.807) is 36.4 Å². The molecular weight excluding hydrogens is 535 g/mol. The minimum absolute atomic E-state index is 0.0913. The zero-order chi connectivity index (χ0) is 25.4. The fraction of sp³-hybridized carbons (Fsp3) is 0.259. The molecule has 0 saturated carbocycles. The van der Waals surface area contributed by atoms with Crippen LogP contribution in [0.5, 0.6) is 5.75 Å². The molecule has 1 atom stereocenters. The van der Waals surface area contributed by atoms with E-state index in [1.807, 2.05) is 44.2 Å². The van der Waals surface area contributed by atoms with E-state index in [4.69, 9.17) is 16.3 Å². The fourth-order valence-electron chi connectivity index (χ4n) is 3.56. The number of halogens is 3. The van der Waals surface area contributed by atoms with E-state index in [0.29, 0.717) is 16.3 Å². The van der Waals surface area contributed by atoms with Crippen LogP contribution in [0.2, 0.25) is 5.02 Å². The Bertz CT molecular complexity index is 1160. The monoisotopic (exact) mass is 560 g/mol. The van der Waals surface area contributed by atoms with Gasteiger partial charge in [0.25, 0.3) is 5.91 Å². The first-order chi connectivity index (χ1) is 16.7. The molecule has 0 unspecified atom stereocenters. The highest BCUT2D eigenvalue weighted by molar-refractivity contribution is 9.10. The molecule has 0 spiro atoms. The number of carbonyl (C=O) groups is 2. The molecule has 184 valence electrons. The van der Waals surface area contributed by atoms with Crippen LogP contribution in [-0.4, -0.2) is 35.4 Å². The summed E-state index contributed by atoms with van der Waals surface area (Å²) in [7, 11) is 0. The molecule has 0 aliphatic carbocycles. The maximum absolute atomic E-state index is 14.6. The van der Waals surface area contributed by atoms with Crippen molar-refractivity contribution < 1.29 is 18.7 Å². The van der Waals surface area contributed by atoms with E-state index < -0.39 is 17.8 Å². The second-order valence-electron chi connectivity index (χ2n) is 8.35. The van der Waals surface area contributed by atoms with Crippen molar-refractivity contribution in [2.75, 3.05) is 6.61 Å². The van der Waals surface area contributed by atoms with Crippen molar-refractivity contribution in [3.63, 3.8) is 0 Å². The number of rotatable bonds is 10. The van der Waals surface area contributed by atoms with E-state index in [0.717, 1.165) is 10.0 Å². The molecule has 0 heterocycles. The maximum atomic E-state index is 14.6. The van der Waals surface area contributed by atoms with Gasteiger partial charge in [0.05, 0.1) is 5.02 Å². The number of ether oxygens (including phenoxy) is 1. The second-order valence-corrected chi connectivity index (χ2v) is 9.67. The van der Waals surface area contributed by atoms with Gasteiger partial charge in [0.2, 0.25) is 5.91 Å². The summed E-state index contributed by atoms with van der Waals surface area (Å²) in [5.41, 5.74) is 1.18. The molecule has 8 heteroatoms. The molecule has 0 aliphatic heterocycles. The topological polar surface area (TPSA) is 58.6 Å². The van der Waals surface area contributed by atoms with Gasteiger partial charge in [-0.15, -0.1) is 0 Å². The van der Waals surface area contributed by atoms with Gasteiger partial charge in [-0.25, -0.2) is 4.39 Å². The Morgan fingerprint density at radius 3 is 2.40 bits per heavy atom. The number of carbonyl (C=O) groups excluding carboxylic acids is 2. The maximum Gasteiger partial charge on any atom is 0.261 e. The van der Waals surface area contributed by atoms with Crippen LogP contribution in [0.1, 0.15) is 25.0 Å². The number of benzene rings is 3. The fourth-order valence-corrected chi connectivity index (χ4v) is 4.29. The van der Waals surface area contributed by atoms with Crippen molar-refractivity contribution in [3.05, 3.63) is 99.2 Å². The van der Waals surface area contributed by atoms with Gasteiger partial charge in [-0.1, -0.05) is 76.1 Å². The van der Waals surface area contributed by atoms with Crippen LogP contribution < -0.4 is 10.1 Å². The van der Waals surface area contributed by atoms with Crippen molar-refractivity contribution in [1.29, 1.82) is 0 Å². The van der Waals surface area contributed by atoms with Gasteiger partial charge >= 0.3 is 0 Å². The average Bonchev–Trinajstić information content (AvgIpc) is 2.82. The molecular formula is C27H27BrClFN2O3. The van der Waals surface area contributed by atoms with Gasteiger partial charge < -0.3 is 15.0 Å². The summed E-state index contributed by atoms with van der Waals surface area (Å²) in [4.78, 5) is 28.1. The third-order valence-electron chi connectivity index (χ3n) is 5.25. The molecule has 3 aromatic rings. The summed E-state index contributed by atoms with van der Waals surface area (Å²) in [6, 6.07) is 19.6. The summed E-state index contributed by atoms with van der Waals surface area (Å²) in [5, 5.41) is 3.23. The Morgan fingerprint density at radius 1 is 1.06 bits per heavy atom. The Morgan fingerprint density at radius 2 is 1.74 bits per heavy atom. The zero-order valence-corrected chi connectivity index (χ0v) is 21.9. The third kappa shape index (κ3) is 7.80. The van der Waals surface area contributed by atoms with E-state index >= 15 is 0 Å². The van der Waals surface area contributed by atoms with Gasteiger partial charge in [0, 0.05) is 29.0 Å². The largest absolute Gasteiger partial charge is 0.482 e. The van der Waals surface area contributed by atoms with E-state index in [2.05, 4.69) is 21.2 Å². The molecule has 0 aliphatic rings. The van der Waals surface area contributed by atoms with Gasteiger partial charge in [-0.3, -0.25) is 9.59 Å². The van der Waals surface area contributed by atoms with Crippen molar-refractivity contribution in [2.24, 2.45) is 0 Å². The highest BCUT2D eigenvalue weighted by Gasteiger charge is 2.31. The molecule has 0 saturated heterocycles. The first-order valence-electron chi connectivity index (χ1n) is 11.2. The summed E-state index contributed by atoms with van der Waals surface area (Å²) < 4.78 is 21.0.